The van der Waals surface area contributed by atoms with Gasteiger partial charge in [-0.15, -0.1) is 0 Å². The second kappa shape index (κ2) is 6.52. The zero-order valence-corrected chi connectivity index (χ0v) is 12.5. The maximum atomic E-state index is 11.8. The Morgan fingerprint density at radius 2 is 1.95 bits per heavy atom. The first-order chi connectivity index (χ1) is 9.23. The smallest absolute Gasteiger partial charge is 0.251 e. The topological polar surface area (TPSA) is 84.2 Å². The van der Waals surface area contributed by atoms with Crippen LogP contribution in [0.15, 0.2) is 18.2 Å². The van der Waals surface area contributed by atoms with Crippen molar-refractivity contribution in [3.63, 3.8) is 0 Å². The van der Waals surface area contributed by atoms with E-state index < -0.39 is 5.54 Å². The van der Waals surface area contributed by atoms with Gasteiger partial charge in [0.1, 0.15) is 0 Å². The van der Waals surface area contributed by atoms with Crippen molar-refractivity contribution in [2.24, 2.45) is 5.73 Å². The van der Waals surface area contributed by atoms with E-state index >= 15 is 0 Å². The summed E-state index contributed by atoms with van der Waals surface area (Å²) in [6.07, 6.45) is 0.241. The molecule has 0 unspecified atom stereocenters. The Labute approximate surface area is 119 Å². The van der Waals surface area contributed by atoms with E-state index in [0.29, 0.717) is 17.8 Å². The van der Waals surface area contributed by atoms with Crippen LogP contribution in [0.2, 0.25) is 0 Å². The Morgan fingerprint density at radius 1 is 1.30 bits per heavy atom. The molecule has 1 rings (SSSR count). The van der Waals surface area contributed by atoms with Gasteiger partial charge in [0.25, 0.3) is 5.91 Å². The highest BCUT2D eigenvalue weighted by molar-refractivity contribution is 5.96. The Bertz CT molecular complexity index is 504. The summed E-state index contributed by atoms with van der Waals surface area (Å²) in [5.41, 5.74) is 7.40. The second-order valence-electron chi connectivity index (χ2n) is 5.60. The van der Waals surface area contributed by atoms with Gasteiger partial charge in [0.05, 0.1) is 0 Å². The molecule has 5 nitrogen and oxygen atoms in total. The molecule has 0 saturated carbocycles. The van der Waals surface area contributed by atoms with Crippen molar-refractivity contribution in [1.82, 2.24) is 5.32 Å². The third-order valence-electron chi connectivity index (χ3n) is 2.72. The van der Waals surface area contributed by atoms with Crippen LogP contribution in [0.3, 0.4) is 0 Å². The number of benzene rings is 1. The molecule has 0 atom stereocenters. The number of amides is 2. The summed E-state index contributed by atoms with van der Waals surface area (Å²) in [4.78, 5) is 23.5. The first kappa shape index (κ1) is 16.2. The van der Waals surface area contributed by atoms with E-state index in [4.69, 9.17) is 5.73 Å². The van der Waals surface area contributed by atoms with E-state index in [9.17, 15) is 9.59 Å². The molecule has 0 saturated heterocycles. The predicted molar refractivity (Wildman–Crippen MR) is 80.7 cm³/mol. The van der Waals surface area contributed by atoms with Crippen LogP contribution in [0.25, 0.3) is 0 Å². The largest absolute Gasteiger partial charge is 0.352 e. The van der Waals surface area contributed by atoms with Gasteiger partial charge in [-0.2, -0.15) is 0 Å². The minimum Gasteiger partial charge on any atom is -0.352 e. The molecule has 2 amide bonds. The second-order valence-corrected chi connectivity index (χ2v) is 5.60. The first-order valence-electron chi connectivity index (χ1n) is 6.70. The summed E-state index contributed by atoms with van der Waals surface area (Å²) in [6.45, 7) is 7.91. The molecular formula is C15H23N3O2. The van der Waals surface area contributed by atoms with Gasteiger partial charge in [0, 0.05) is 29.8 Å². The minimum absolute atomic E-state index is 0.114. The molecule has 4 N–H and O–H groups in total. The average molecular weight is 277 g/mol. The van der Waals surface area contributed by atoms with Crippen molar-refractivity contribution in [1.29, 1.82) is 0 Å². The zero-order chi connectivity index (χ0) is 15.3. The van der Waals surface area contributed by atoms with Crippen LogP contribution < -0.4 is 16.4 Å². The maximum absolute atomic E-state index is 11.8. The molecule has 0 radical (unpaired) electrons. The standard InChI is InChI=1S/C15H23N3O2/c1-5-17-14(20)11-6-7-12(10(2)8-11)18-13(19)9-15(3,4)16/h6-8H,5,9,16H2,1-4H3,(H,17,20)(H,18,19). The van der Waals surface area contributed by atoms with E-state index in [0.717, 1.165) is 5.56 Å². The summed E-state index contributed by atoms with van der Waals surface area (Å²) in [6, 6.07) is 5.19. The molecule has 0 heterocycles. The van der Waals surface area contributed by atoms with Gasteiger partial charge in [0.2, 0.25) is 5.91 Å². The van der Waals surface area contributed by atoms with Crippen molar-refractivity contribution in [3.8, 4) is 0 Å². The number of rotatable bonds is 5. The van der Waals surface area contributed by atoms with Crippen molar-refractivity contribution in [2.45, 2.75) is 39.7 Å². The normalized spacial score (nSPS) is 11.1. The van der Waals surface area contributed by atoms with Crippen LogP contribution in [-0.4, -0.2) is 23.9 Å². The zero-order valence-electron chi connectivity index (χ0n) is 12.5. The highest BCUT2D eigenvalue weighted by Gasteiger charge is 2.17. The number of nitrogens with one attached hydrogen (secondary N) is 2. The Balaban J connectivity index is 2.79. The van der Waals surface area contributed by atoms with Crippen molar-refractivity contribution < 1.29 is 9.59 Å². The monoisotopic (exact) mass is 277 g/mol. The summed E-state index contributed by atoms with van der Waals surface area (Å²) in [5.74, 6) is -0.247. The fourth-order valence-electron chi connectivity index (χ4n) is 1.82. The van der Waals surface area contributed by atoms with E-state index in [-0.39, 0.29) is 18.2 Å². The van der Waals surface area contributed by atoms with E-state index in [1.165, 1.54) is 0 Å². The first-order valence-corrected chi connectivity index (χ1v) is 6.70. The molecule has 0 aliphatic heterocycles. The average Bonchev–Trinajstić information content (AvgIpc) is 2.29. The van der Waals surface area contributed by atoms with Gasteiger partial charge in [-0.25, -0.2) is 0 Å². The molecule has 0 spiro atoms. The summed E-state index contributed by atoms with van der Waals surface area (Å²) >= 11 is 0. The third kappa shape index (κ3) is 5.01. The van der Waals surface area contributed by atoms with Gasteiger partial charge in [-0.05, 0) is 51.5 Å². The van der Waals surface area contributed by atoms with Gasteiger partial charge in [0.15, 0.2) is 0 Å². The van der Waals surface area contributed by atoms with E-state index in [1.807, 2.05) is 13.8 Å². The molecule has 110 valence electrons. The van der Waals surface area contributed by atoms with Gasteiger partial charge in [-0.3, -0.25) is 9.59 Å². The van der Waals surface area contributed by atoms with E-state index in [1.54, 1.807) is 32.0 Å². The lowest BCUT2D eigenvalue weighted by Crippen LogP contribution is -2.36. The van der Waals surface area contributed by atoms with Crippen molar-refractivity contribution in [3.05, 3.63) is 29.3 Å². The van der Waals surface area contributed by atoms with Crippen LogP contribution in [0, 0.1) is 6.92 Å². The molecule has 0 bridgehead atoms. The minimum atomic E-state index is -0.543. The molecule has 0 aliphatic rings. The Morgan fingerprint density at radius 3 is 2.45 bits per heavy atom. The maximum Gasteiger partial charge on any atom is 0.251 e. The van der Waals surface area contributed by atoms with Crippen molar-refractivity contribution in [2.75, 3.05) is 11.9 Å². The summed E-state index contributed by atoms with van der Waals surface area (Å²) in [5, 5.41) is 5.55. The third-order valence-corrected chi connectivity index (χ3v) is 2.72. The number of aryl methyl sites for hydroxylation is 1. The van der Waals surface area contributed by atoms with Crippen molar-refractivity contribution >= 4 is 17.5 Å². The SMILES string of the molecule is CCNC(=O)c1ccc(NC(=O)CC(C)(C)N)c(C)c1. The molecule has 1 aromatic rings. The highest BCUT2D eigenvalue weighted by atomic mass is 16.2. The number of carbonyl (C=O) groups is 2. The summed E-state index contributed by atoms with van der Waals surface area (Å²) < 4.78 is 0. The molecule has 0 fully saturated rings. The van der Waals surface area contributed by atoms with Crippen LogP contribution in [0.4, 0.5) is 5.69 Å². The predicted octanol–water partition coefficient (Wildman–Crippen LogP) is 1.81. The molecule has 0 aliphatic carbocycles. The molecule has 20 heavy (non-hydrogen) atoms. The number of anilines is 1. The number of hydrogen-bond acceptors (Lipinski definition) is 3. The lowest BCUT2D eigenvalue weighted by molar-refractivity contribution is -0.117. The number of carbonyl (C=O) groups excluding carboxylic acids is 2. The van der Waals surface area contributed by atoms with Gasteiger partial charge >= 0.3 is 0 Å². The lowest BCUT2D eigenvalue weighted by atomic mass is 10.0. The Hall–Kier alpha value is -1.88. The summed E-state index contributed by atoms with van der Waals surface area (Å²) in [7, 11) is 0. The Kier molecular flexibility index (Phi) is 5.27. The highest BCUT2D eigenvalue weighted by Crippen LogP contribution is 2.17. The van der Waals surface area contributed by atoms with Crippen LogP contribution >= 0.6 is 0 Å². The van der Waals surface area contributed by atoms with Crippen LogP contribution in [-0.2, 0) is 4.79 Å². The van der Waals surface area contributed by atoms with Crippen LogP contribution in [0.5, 0.6) is 0 Å². The van der Waals surface area contributed by atoms with Gasteiger partial charge in [-0.1, -0.05) is 0 Å². The molecular weight excluding hydrogens is 254 g/mol. The molecule has 1 aromatic carbocycles. The van der Waals surface area contributed by atoms with Crippen LogP contribution in [0.1, 0.15) is 43.1 Å². The fourth-order valence-corrected chi connectivity index (χ4v) is 1.82. The number of nitrogens with two attached hydrogens (primary N) is 1. The molecule has 0 aromatic heterocycles. The lowest BCUT2D eigenvalue weighted by Gasteiger charge is -2.18. The number of hydrogen-bond donors (Lipinski definition) is 3. The van der Waals surface area contributed by atoms with Gasteiger partial charge < -0.3 is 16.4 Å². The van der Waals surface area contributed by atoms with E-state index in [2.05, 4.69) is 10.6 Å². The quantitative estimate of drug-likeness (QED) is 0.767. The fraction of sp³-hybridized carbons (Fsp3) is 0.467. The molecule has 5 heteroatoms.